The topological polar surface area (TPSA) is 86.7 Å². The lowest BCUT2D eigenvalue weighted by Gasteiger charge is -2.30. The molecule has 20 heavy (non-hydrogen) atoms. The quantitative estimate of drug-likeness (QED) is 0.770. The van der Waals surface area contributed by atoms with Crippen LogP contribution >= 0.6 is 0 Å². The molecule has 1 unspecified atom stereocenters. The zero-order valence-corrected chi connectivity index (χ0v) is 12.1. The molecule has 0 fully saturated rings. The molecule has 1 aliphatic rings. The second kappa shape index (κ2) is 5.90. The van der Waals surface area contributed by atoms with Gasteiger partial charge in [-0.2, -0.15) is 12.7 Å². The van der Waals surface area contributed by atoms with Gasteiger partial charge in [-0.1, -0.05) is 24.3 Å². The zero-order valence-electron chi connectivity index (χ0n) is 11.2. The summed E-state index contributed by atoms with van der Waals surface area (Å²) in [5.74, 6) is -0.811. The second-order valence-electron chi connectivity index (χ2n) is 4.92. The van der Waals surface area contributed by atoms with E-state index in [0.29, 0.717) is 6.54 Å². The van der Waals surface area contributed by atoms with Crippen LogP contribution in [0.5, 0.6) is 0 Å². The zero-order chi connectivity index (χ0) is 14.8. The molecule has 0 radical (unpaired) electrons. The van der Waals surface area contributed by atoms with Crippen molar-refractivity contribution in [3.8, 4) is 0 Å². The maximum absolute atomic E-state index is 11.9. The average molecular weight is 298 g/mol. The number of aliphatic carboxylic acids is 1. The van der Waals surface area contributed by atoms with Crippen LogP contribution < -0.4 is 4.72 Å². The third-order valence-corrected chi connectivity index (χ3v) is 5.06. The van der Waals surface area contributed by atoms with Crippen LogP contribution in [0.2, 0.25) is 0 Å². The van der Waals surface area contributed by atoms with Crippen molar-refractivity contribution in [3.63, 3.8) is 0 Å². The van der Waals surface area contributed by atoms with Crippen molar-refractivity contribution >= 4 is 16.2 Å². The molecule has 7 heteroatoms. The lowest BCUT2D eigenvalue weighted by atomic mass is 9.78. The van der Waals surface area contributed by atoms with E-state index < -0.39 is 16.2 Å². The third kappa shape index (κ3) is 3.36. The molecule has 0 aliphatic heterocycles. The summed E-state index contributed by atoms with van der Waals surface area (Å²) < 4.78 is 27.4. The van der Waals surface area contributed by atoms with Crippen LogP contribution in [0.25, 0.3) is 0 Å². The Kier molecular flexibility index (Phi) is 4.42. The molecule has 0 bridgehead atoms. The Labute approximate surface area is 118 Å². The van der Waals surface area contributed by atoms with Crippen LogP contribution in [0.15, 0.2) is 24.3 Å². The van der Waals surface area contributed by atoms with Crippen molar-refractivity contribution in [2.24, 2.45) is 0 Å². The molecule has 110 valence electrons. The molecule has 6 nitrogen and oxygen atoms in total. The van der Waals surface area contributed by atoms with Gasteiger partial charge in [-0.3, -0.25) is 4.79 Å². The van der Waals surface area contributed by atoms with E-state index in [4.69, 9.17) is 5.11 Å². The van der Waals surface area contributed by atoms with Crippen LogP contribution in [-0.4, -0.2) is 43.9 Å². The lowest BCUT2D eigenvalue weighted by molar-refractivity contribution is -0.137. The Morgan fingerprint density at radius 1 is 1.45 bits per heavy atom. The Hall–Kier alpha value is -1.44. The van der Waals surface area contributed by atoms with E-state index in [1.165, 1.54) is 18.2 Å². The van der Waals surface area contributed by atoms with Crippen LogP contribution in [-0.2, 0) is 21.4 Å². The number of benzene rings is 1. The number of nitrogens with zero attached hydrogens (tertiary/aromatic N) is 1. The molecule has 0 spiro atoms. The predicted molar refractivity (Wildman–Crippen MR) is 74.7 cm³/mol. The summed E-state index contributed by atoms with van der Waals surface area (Å²) in [6, 6.07) is 7.96. The van der Waals surface area contributed by atoms with Gasteiger partial charge in [-0.25, -0.2) is 4.72 Å². The number of carboxylic acids is 1. The first-order valence-corrected chi connectivity index (χ1v) is 7.84. The van der Waals surface area contributed by atoms with E-state index in [-0.39, 0.29) is 18.9 Å². The maximum Gasteiger partial charge on any atom is 0.304 e. The van der Waals surface area contributed by atoms with Gasteiger partial charge in [0.1, 0.15) is 0 Å². The third-order valence-electron chi connectivity index (χ3n) is 3.52. The highest BCUT2D eigenvalue weighted by Gasteiger charge is 2.27. The monoisotopic (exact) mass is 298 g/mol. The van der Waals surface area contributed by atoms with Gasteiger partial charge in [0.05, 0.1) is 6.42 Å². The van der Waals surface area contributed by atoms with Gasteiger partial charge < -0.3 is 5.11 Å². The Morgan fingerprint density at radius 3 is 2.80 bits per heavy atom. The second-order valence-corrected chi connectivity index (χ2v) is 6.78. The van der Waals surface area contributed by atoms with Crippen molar-refractivity contribution in [1.29, 1.82) is 0 Å². The van der Waals surface area contributed by atoms with Gasteiger partial charge in [0.25, 0.3) is 10.2 Å². The fourth-order valence-corrected chi connectivity index (χ4v) is 3.20. The molecule has 0 saturated heterocycles. The maximum atomic E-state index is 11.9. The molecule has 1 aliphatic carbocycles. The van der Waals surface area contributed by atoms with E-state index in [1.807, 2.05) is 24.3 Å². The molecular weight excluding hydrogens is 280 g/mol. The number of hydrogen-bond donors (Lipinski definition) is 2. The molecule has 2 rings (SSSR count). The molecule has 0 heterocycles. The Morgan fingerprint density at radius 2 is 2.15 bits per heavy atom. The highest BCUT2D eigenvalue weighted by Crippen LogP contribution is 2.34. The Bertz CT molecular complexity index is 600. The minimum atomic E-state index is -3.61. The van der Waals surface area contributed by atoms with Crippen molar-refractivity contribution in [2.75, 3.05) is 20.1 Å². The highest BCUT2D eigenvalue weighted by atomic mass is 32.2. The minimum Gasteiger partial charge on any atom is -0.481 e. The van der Waals surface area contributed by atoms with Crippen LogP contribution in [0.4, 0.5) is 0 Å². The van der Waals surface area contributed by atoms with Crippen molar-refractivity contribution in [2.45, 2.75) is 18.8 Å². The smallest absolute Gasteiger partial charge is 0.304 e. The molecular formula is C13H18N2O4S. The number of nitrogens with one attached hydrogen (secondary N) is 1. The van der Waals surface area contributed by atoms with Gasteiger partial charge in [0.2, 0.25) is 0 Å². The molecule has 1 aromatic rings. The van der Waals surface area contributed by atoms with Gasteiger partial charge >= 0.3 is 5.97 Å². The van der Waals surface area contributed by atoms with Crippen LogP contribution in [0.3, 0.4) is 0 Å². The van der Waals surface area contributed by atoms with E-state index in [1.54, 1.807) is 0 Å². The summed E-state index contributed by atoms with van der Waals surface area (Å²) in [5, 5.41) is 8.56. The number of carbonyl (C=O) groups is 1. The number of carboxylic acid groups (broad SMARTS) is 1. The number of hydrogen-bond acceptors (Lipinski definition) is 3. The highest BCUT2D eigenvalue weighted by molar-refractivity contribution is 7.87. The van der Waals surface area contributed by atoms with Crippen molar-refractivity contribution < 1.29 is 18.3 Å². The molecule has 0 aromatic heterocycles. The largest absolute Gasteiger partial charge is 0.481 e. The summed E-state index contributed by atoms with van der Waals surface area (Å²) in [6.07, 6.45) is 0.668. The fourth-order valence-electron chi connectivity index (χ4n) is 2.23. The minimum absolute atomic E-state index is 0.0358. The van der Waals surface area contributed by atoms with Crippen molar-refractivity contribution in [1.82, 2.24) is 9.03 Å². The fraction of sp³-hybridized carbons (Fsp3) is 0.462. The van der Waals surface area contributed by atoms with Crippen LogP contribution in [0.1, 0.15) is 23.5 Å². The Balaban J connectivity index is 1.86. The normalized spacial score (nSPS) is 17.6. The SMILES string of the molecule is CN(CCC(=O)O)S(=O)(=O)NCC1Cc2ccccc21. The molecule has 1 aromatic carbocycles. The van der Waals surface area contributed by atoms with Gasteiger partial charge in [0, 0.05) is 26.1 Å². The first kappa shape index (κ1) is 15.0. The molecule has 0 saturated carbocycles. The van der Waals surface area contributed by atoms with E-state index >= 15 is 0 Å². The lowest BCUT2D eigenvalue weighted by Crippen LogP contribution is -2.42. The van der Waals surface area contributed by atoms with E-state index in [0.717, 1.165) is 10.7 Å². The molecule has 0 amide bonds. The van der Waals surface area contributed by atoms with E-state index in [2.05, 4.69) is 4.72 Å². The number of fused-ring (bicyclic) bond motifs is 1. The average Bonchev–Trinajstić information content (AvgIpc) is 2.36. The summed E-state index contributed by atoms with van der Waals surface area (Å²) in [6.45, 7) is 0.308. The van der Waals surface area contributed by atoms with Gasteiger partial charge in [-0.05, 0) is 17.5 Å². The first-order valence-electron chi connectivity index (χ1n) is 6.40. The molecule has 2 N–H and O–H groups in total. The van der Waals surface area contributed by atoms with E-state index in [9.17, 15) is 13.2 Å². The van der Waals surface area contributed by atoms with Gasteiger partial charge in [0.15, 0.2) is 0 Å². The van der Waals surface area contributed by atoms with Crippen molar-refractivity contribution in [3.05, 3.63) is 35.4 Å². The molecule has 1 atom stereocenters. The standard InChI is InChI=1S/C13H18N2O4S/c1-15(7-6-13(16)17)20(18,19)14-9-11-8-10-4-2-3-5-12(10)11/h2-5,11,14H,6-9H2,1H3,(H,16,17). The summed E-state index contributed by atoms with van der Waals surface area (Å²) in [7, 11) is -2.23. The first-order chi connectivity index (χ1) is 9.40. The van der Waals surface area contributed by atoms with Gasteiger partial charge in [-0.15, -0.1) is 0 Å². The predicted octanol–water partition coefficient (Wildman–Crippen LogP) is 0.567. The summed E-state index contributed by atoms with van der Waals surface area (Å²) >= 11 is 0. The van der Waals surface area contributed by atoms with Crippen LogP contribution in [0, 0.1) is 0 Å². The summed E-state index contributed by atoms with van der Waals surface area (Å²) in [4.78, 5) is 10.4. The summed E-state index contributed by atoms with van der Waals surface area (Å²) in [5.41, 5.74) is 2.44. The number of rotatable bonds is 7.